The zero-order valence-electron chi connectivity index (χ0n) is 9.74. The highest BCUT2D eigenvalue weighted by Crippen LogP contribution is 2.25. The molecule has 2 N–H and O–H groups in total. The van der Waals surface area contributed by atoms with Gasteiger partial charge in [0.1, 0.15) is 0 Å². The Kier molecular flexibility index (Phi) is 2.27. The molecule has 2 aromatic heterocycles. The summed E-state index contributed by atoms with van der Waals surface area (Å²) in [6.07, 6.45) is 2.05. The van der Waals surface area contributed by atoms with Crippen molar-refractivity contribution in [2.24, 2.45) is 12.8 Å². The molecule has 0 unspecified atom stereocenters. The summed E-state index contributed by atoms with van der Waals surface area (Å²) in [6, 6.07) is 4.17. The van der Waals surface area contributed by atoms with E-state index in [1.807, 2.05) is 11.6 Å². The van der Waals surface area contributed by atoms with Gasteiger partial charge in [-0.15, -0.1) is 0 Å². The summed E-state index contributed by atoms with van der Waals surface area (Å²) in [5, 5.41) is 0. The van der Waals surface area contributed by atoms with Crippen LogP contribution in [0.3, 0.4) is 0 Å². The second kappa shape index (κ2) is 3.58. The van der Waals surface area contributed by atoms with Crippen LogP contribution in [0.15, 0.2) is 22.8 Å². The highest BCUT2D eigenvalue weighted by molar-refractivity contribution is 9.10. The summed E-state index contributed by atoms with van der Waals surface area (Å²) in [6.45, 7) is 2.59. The van der Waals surface area contributed by atoms with Gasteiger partial charge in [0.15, 0.2) is 0 Å². The van der Waals surface area contributed by atoms with Gasteiger partial charge in [0, 0.05) is 24.3 Å². The van der Waals surface area contributed by atoms with Crippen LogP contribution in [0.5, 0.6) is 0 Å². The van der Waals surface area contributed by atoms with Gasteiger partial charge in [0.2, 0.25) is 5.78 Å². The maximum absolute atomic E-state index is 5.71. The molecule has 2 heterocycles. The number of aromatic nitrogens is 3. The molecule has 0 saturated carbocycles. The van der Waals surface area contributed by atoms with Gasteiger partial charge in [0.25, 0.3) is 0 Å². The highest BCUT2D eigenvalue weighted by Gasteiger charge is 2.12. The Morgan fingerprint density at radius 2 is 2.18 bits per heavy atom. The lowest BCUT2D eigenvalue weighted by molar-refractivity contribution is 0.840. The number of nitrogens with zero attached hydrogens (tertiary/aromatic N) is 3. The van der Waals surface area contributed by atoms with Gasteiger partial charge in [-0.2, -0.15) is 0 Å². The van der Waals surface area contributed by atoms with Crippen molar-refractivity contribution >= 4 is 32.7 Å². The lowest BCUT2D eigenvalue weighted by Crippen LogP contribution is -2.02. The third-order valence-electron chi connectivity index (χ3n) is 3.15. The van der Waals surface area contributed by atoms with Crippen LogP contribution in [0.2, 0.25) is 0 Å². The molecule has 88 valence electrons. The molecule has 0 aliphatic carbocycles. The van der Waals surface area contributed by atoms with Crippen molar-refractivity contribution < 1.29 is 0 Å². The molecule has 0 aliphatic rings. The molecule has 0 spiro atoms. The van der Waals surface area contributed by atoms with E-state index in [9.17, 15) is 0 Å². The van der Waals surface area contributed by atoms with E-state index in [4.69, 9.17) is 5.73 Å². The van der Waals surface area contributed by atoms with Crippen LogP contribution in [0.1, 0.15) is 11.3 Å². The van der Waals surface area contributed by atoms with Crippen molar-refractivity contribution in [1.29, 1.82) is 0 Å². The van der Waals surface area contributed by atoms with Gasteiger partial charge in [-0.1, -0.05) is 15.9 Å². The molecule has 1 aromatic carbocycles. The van der Waals surface area contributed by atoms with E-state index in [0.717, 1.165) is 27.0 Å². The molecule has 0 radical (unpaired) electrons. The summed E-state index contributed by atoms with van der Waals surface area (Å²) >= 11 is 3.52. The fraction of sp³-hybridized carbons (Fsp3) is 0.250. The number of aryl methyl sites for hydroxylation is 2. The van der Waals surface area contributed by atoms with E-state index < -0.39 is 0 Å². The number of nitrogens with two attached hydrogens (primary N) is 1. The Morgan fingerprint density at radius 1 is 1.41 bits per heavy atom. The van der Waals surface area contributed by atoms with E-state index in [1.165, 1.54) is 5.56 Å². The molecule has 0 aliphatic heterocycles. The summed E-state index contributed by atoms with van der Waals surface area (Å²) < 4.78 is 5.20. The minimum Gasteiger partial charge on any atom is -0.325 e. The second-order valence-corrected chi connectivity index (χ2v) is 5.17. The smallest absolute Gasteiger partial charge is 0.214 e. The zero-order valence-corrected chi connectivity index (χ0v) is 11.3. The summed E-state index contributed by atoms with van der Waals surface area (Å²) in [7, 11) is 1.99. The van der Waals surface area contributed by atoms with Crippen molar-refractivity contribution in [3.8, 4) is 0 Å². The molecular formula is C12H13BrN4. The van der Waals surface area contributed by atoms with E-state index in [0.29, 0.717) is 6.54 Å². The predicted octanol–water partition coefficient (Wildman–Crippen LogP) is 2.36. The van der Waals surface area contributed by atoms with Crippen molar-refractivity contribution in [3.63, 3.8) is 0 Å². The Hall–Kier alpha value is -1.33. The van der Waals surface area contributed by atoms with Crippen molar-refractivity contribution in [3.05, 3.63) is 34.1 Å². The minimum absolute atomic E-state index is 0.522. The van der Waals surface area contributed by atoms with Crippen LogP contribution in [0.25, 0.3) is 16.8 Å². The Bertz CT molecular complexity index is 723. The van der Waals surface area contributed by atoms with E-state index >= 15 is 0 Å². The first kappa shape index (κ1) is 10.8. The largest absolute Gasteiger partial charge is 0.325 e. The Balaban J connectivity index is 2.50. The van der Waals surface area contributed by atoms with Crippen LogP contribution in [0.4, 0.5) is 0 Å². The Morgan fingerprint density at radius 3 is 2.88 bits per heavy atom. The first-order valence-electron chi connectivity index (χ1n) is 5.44. The standard InChI is InChI=1S/C12H13BrN4/c1-7-3-8(13)4-10-11(7)15-12-16(2)9(5-14)6-17(10)12/h3-4,6H,5,14H2,1-2H3. The summed E-state index contributed by atoms with van der Waals surface area (Å²) in [5.74, 6) is 0.932. The average molecular weight is 293 g/mol. The monoisotopic (exact) mass is 292 g/mol. The first-order valence-corrected chi connectivity index (χ1v) is 6.23. The average Bonchev–Trinajstić information content (AvgIpc) is 2.77. The first-order chi connectivity index (χ1) is 8.11. The maximum atomic E-state index is 5.71. The third-order valence-corrected chi connectivity index (χ3v) is 3.61. The topological polar surface area (TPSA) is 48.2 Å². The van der Waals surface area contributed by atoms with Crippen molar-refractivity contribution in [2.45, 2.75) is 13.5 Å². The zero-order chi connectivity index (χ0) is 12.2. The molecule has 0 bridgehead atoms. The molecule has 4 nitrogen and oxygen atoms in total. The minimum atomic E-state index is 0.522. The lowest BCUT2D eigenvalue weighted by Gasteiger charge is -1.98. The molecular weight excluding hydrogens is 280 g/mol. The molecule has 3 aromatic rings. The molecule has 5 heteroatoms. The van der Waals surface area contributed by atoms with E-state index in [-0.39, 0.29) is 0 Å². The molecule has 17 heavy (non-hydrogen) atoms. The fourth-order valence-corrected chi connectivity index (χ4v) is 2.79. The van der Waals surface area contributed by atoms with Gasteiger partial charge in [-0.05, 0) is 24.6 Å². The summed E-state index contributed by atoms with van der Waals surface area (Å²) in [4.78, 5) is 4.67. The summed E-state index contributed by atoms with van der Waals surface area (Å²) in [5.41, 5.74) is 10.1. The molecule has 3 rings (SSSR count). The SMILES string of the molecule is Cc1cc(Br)cc2c1nc1n(C)c(CN)cn21. The predicted molar refractivity (Wildman–Crippen MR) is 72.0 cm³/mol. The molecule has 0 saturated heterocycles. The Labute approximate surface area is 107 Å². The van der Waals surface area contributed by atoms with Crippen LogP contribution in [0, 0.1) is 6.92 Å². The van der Waals surface area contributed by atoms with E-state index in [2.05, 4.69) is 50.6 Å². The van der Waals surface area contributed by atoms with E-state index in [1.54, 1.807) is 0 Å². The van der Waals surface area contributed by atoms with Gasteiger partial charge in [-0.25, -0.2) is 4.98 Å². The normalized spacial score (nSPS) is 11.8. The van der Waals surface area contributed by atoms with Gasteiger partial charge < -0.3 is 10.3 Å². The van der Waals surface area contributed by atoms with Crippen LogP contribution in [-0.2, 0) is 13.6 Å². The number of rotatable bonds is 1. The van der Waals surface area contributed by atoms with Crippen LogP contribution < -0.4 is 5.73 Å². The lowest BCUT2D eigenvalue weighted by atomic mass is 10.2. The fourth-order valence-electron chi connectivity index (χ4n) is 2.23. The van der Waals surface area contributed by atoms with Crippen molar-refractivity contribution in [1.82, 2.24) is 14.0 Å². The molecule has 0 amide bonds. The van der Waals surface area contributed by atoms with Crippen molar-refractivity contribution in [2.75, 3.05) is 0 Å². The molecule has 0 fully saturated rings. The molecule has 0 atom stereocenters. The van der Waals surface area contributed by atoms with Gasteiger partial charge in [0.05, 0.1) is 16.7 Å². The van der Waals surface area contributed by atoms with Crippen LogP contribution in [-0.4, -0.2) is 14.0 Å². The third kappa shape index (κ3) is 1.42. The number of hydrogen-bond acceptors (Lipinski definition) is 2. The number of halogens is 1. The number of benzene rings is 1. The quantitative estimate of drug-likeness (QED) is 0.748. The number of fused-ring (bicyclic) bond motifs is 3. The number of hydrogen-bond donors (Lipinski definition) is 1. The highest BCUT2D eigenvalue weighted by atomic mass is 79.9. The number of imidazole rings is 2. The van der Waals surface area contributed by atoms with Gasteiger partial charge >= 0.3 is 0 Å². The van der Waals surface area contributed by atoms with Gasteiger partial charge in [-0.3, -0.25) is 4.40 Å². The maximum Gasteiger partial charge on any atom is 0.214 e. The van der Waals surface area contributed by atoms with Crippen LogP contribution >= 0.6 is 15.9 Å². The second-order valence-electron chi connectivity index (χ2n) is 4.26.